The van der Waals surface area contributed by atoms with E-state index in [1.165, 1.54) is 0 Å². The van der Waals surface area contributed by atoms with Crippen LogP contribution in [0.3, 0.4) is 0 Å². The van der Waals surface area contributed by atoms with Crippen LogP contribution in [0.2, 0.25) is 0 Å². The zero-order valence-corrected chi connectivity index (χ0v) is 22.9. The molecule has 3 heterocycles. The van der Waals surface area contributed by atoms with Gasteiger partial charge in [0.1, 0.15) is 0 Å². The SMILES string of the molecule is CNC(=O)c1ccc(NC(=O)Nc2ccc(-c3nc(N4CCOC[C@H]4C)nc(N4CCOC[C@H]4C)n3)cc2)cc1. The predicted molar refractivity (Wildman–Crippen MR) is 153 cm³/mol. The fraction of sp³-hybridized carbons (Fsp3) is 0.393. The Hall–Kier alpha value is -4.29. The maximum absolute atomic E-state index is 12.5. The number of ether oxygens (including phenoxy) is 2. The second-order valence-corrected chi connectivity index (χ2v) is 9.81. The molecular formula is C28H34N8O4. The van der Waals surface area contributed by atoms with Gasteiger partial charge in [0, 0.05) is 42.6 Å². The molecule has 12 nitrogen and oxygen atoms in total. The monoisotopic (exact) mass is 546 g/mol. The Bertz CT molecular complexity index is 1290. The van der Waals surface area contributed by atoms with Crippen molar-refractivity contribution in [1.82, 2.24) is 20.3 Å². The first-order valence-electron chi connectivity index (χ1n) is 13.4. The molecule has 3 amide bonds. The van der Waals surface area contributed by atoms with Gasteiger partial charge in [-0.3, -0.25) is 4.79 Å². The first-order valence-corrected chi connectivity index (χ1v) is 13.4. The highest BCUT2D eigenvalue weighted by atomic mass is 16.5. The molecule has 210 valence electrons. The Morgan fingerprint density at radius 1 is 0.775 bits per heavy atom. The third-order valence-corrected chi connectivity index (χ3v) is 6.89. The number of carbonyl (C=O) groups excluding carboxylic acids is 2. The summed E-state index contributed by atoms with van der Waals surface area (Å²) >= 11 is 0. The summed E-state index contributed by atoms with van der Waals surface area (Å²) in [4.78, 5) is 43.1. The van der Waals surface area contributed by atoms with Crippen LogP contribution in [0, 0.1) is 0 Å². The van der Waals surface area contributed by atoms with Crippen molar-refractivity contribution < 1.29 is 19.1 Å². The average Bonchev–Trinajstić information content (AvgIpc) is 2.97. The van der Waals surface area contributed by atoms with Gasteiger partial charge in [-0.2, -0.15) is 15.0 Å². The number of benzene rings is 2. The van der Waals surface area contributed by atoms with Crippen LogP contribution in [0.5, 0.6) is 0 Å². The quantitative estimate of drug-likeness (QED) is 0.427. The summed E-state index contributed by atoms with van der Waals surface area (Å²) in [5.74, 6) is 1.62. The number of carbonyl (C=O) groups is 2. The van der Waals surface area contributed by atoms with E-state index in [0.29, 0.717) is 74.2 Å². The van der Waals surface area contributed by atoms with E-state index < -0.39 is 6.03 Å². The van der Waals surface area contributed by atoms with Crippen LogP contribution in [0.1, 0.15) is 24.2 Å². The molecule has 12 heteroatoms. The van der Waals surface area contributed by atoms with E-state index in [9.17, 15) is 9.59 Å². The number of anilines is 4. The molecule has 0 radical (unpaired) electrons. The molecule has 3 aromatic rings. The van der Waals surface area contributed by atoms with Gasteiger partial charge in [-0.15, -0.1) is 0 Å². The smallest absolute Gasteiger partial charge is 0.323 e. The summed E-state index contributed by atoms with van der Waals surface area (Å²) in [7, 11) is 1.57. The Labute approximate surface area is 233 Å². The number of hydrogen-bond acceptors (Lipinski definition) is 9. The van der Waals surface area contributed by atoms with Crippen LogP contribution in [0.4, 0.5) is 28.1 Å². The minimum atomic E-state index is -0.396. The number of nitrogens with one attached hydrogen (secondary N) is 3. The Kier molecular flexibility index (Phi) is 8.37. The van der Waals surface area contributed by atoms with Crippen LogP contribution in [0.15, 0.2) is 48.5 Å². The summed E-state index contributed by atoms with van der Waals surface area (Å²) in [5.41, 5.74) is 2.50. The third kappa shape index (κ3) is 6.29. The van der Waals surface area contributed by atoms with Gasteiger partial charge in [0.15, 0.2) is 5.82 Å². The van der Waals surface area contributed by atoms with E-state index in [1.54, 1.807) is 43.4 Å². The summed E-state index contributed by atoms with van der Waals surface area (Å²) in [6.07, 6.45) is 0. The van der Waals surface area contributed by atoms with E-state index in [4.69, 9.17) is 24.4 Å². The van der Waals surface area contributed by atoms with E-state index >= 15 is 0 Å². The molecule has 0 aliphatic carbocycles. The zero-order chi connectivity index (χ0) is 28.1. The fourth-order valence-electron chi connectivity index (χ4n) is 4.63. The van der Waals surface area contributed by atoms with Gasteiger partial charge >= 0.3 is 6.03 Å². The molecule has 2 aliphatic heterocycles. The Morgan fingerprint density at radius 2 is 1.27 bits per heavy atom. The first-order chi connectivity index (χ1) is 19.4. The molecule has 2 fully saturated rings. The summed E-state index contributed by atoms with van der Waals surface area (Å²) in [6.45, 7) is 8.08. The number of amides is 3. The van der Waals surface area contributed by atoms with Gasteiger partial charge in [0.05, 0.1) is 38.5 Å². The van der Waals surface area contributed by atoms with Gasteiger partial charge in [0.25, 0.3) is 5.91 Å². The highest BCUT2D eigenvalue weighted by Crippen LogP contribution is 2.26. The second-order valence-electron chi connectivity index (χ2n) is 9.81. The topological polar surface area (TPSA) is 134 Å². The summed E-state index contributed by atoms with van der Waals surface area (Å²) in [6, 6.07) is 13.9. The third-order valence-electron chi connectivity index (χ3n) is 6.89. The molecule has 2 aromatic carbocycles. The maximum atomic E-state index is 12.5. The zero-order valence-electron chi connectivity index (χ0n) is 22.9. The largest absolute Gasteiger partial charge is 0.377 e. The van der Waals surface area contributed by atoms with E-state index in [-0.39, 0.29) is 18.0 Å². The molecule has 1 aromatic heterocycles. The van der Waals surface area contributed by atoms with Gasteiger partial charge in [-0.25, -0.2) is 4.79 Å². The van der Waals surface area contributed by atoms with E-state index in [2.05, 4.69) is 39.6 Å². The van der Waals surface area contributed by atoms with Gasteiger partial charge in [-0.05, 0) is 62.4 Å². The molecule has 40 heavy (non-hydrogen) atoms. The molecule has 3 N–H and O–H groups in total. The molecule has 2 atom stereocenters. The van der Waals surface area contributed by atoms with Gasteiger partial charge in [-0.1, -0.05) is 0 Å². The number of rotatable bonds is 6. The summed E-state index contributed by atoms with van der Waals surface area (Å²) < 4.78 is 11.2. The van der Waals surface area contributed by atoms with Crippen molar-refractivity contribution in [3.63, 3.8) is 0 Å². The fourth-order valence-corrected chi connectivity index (χ4v) is 4.63. The van der Waals surface area contributed by atoms with E-state index in [0.717, 1.165) is 5.56 Å². The van der Waals surface area contributed by atoms with Crippen molar-refractivity contribution in [2.75, 3.05) is 67.0 Å². The molecule has 5 rings (SSSR count). The van der Waals surface area contributed by atoms with Crippen molar-refractivity contribution in [2.45, 2.75) is 25.9 Å². The standard InChI is InChI=1S/C28H34N8O4/c1-18-16-39-14-12-35(18)26-32-24(33-27(34-26)36-13-15-40-17-19(36)2)20-4-8-22(9-5-20)30-28(38)31-23-10-6-21(7-11-23)25(37)29-3/h4-11,18-19H,12-17H2,1-3H3,(H,29,37)(H2,30,31,38)/t18-,19-/m1/s1. The molecule has 0 saturated carbocycles. The van der Waals surface area contributed by atoms with Crippen molar-refractivity contribution >= 4 is 35.2 Å². The van der Waals surface area contributed by atoms with Crippen molar-refractivity contribution in [3.05, 3.63) is 54.1 Å². The highest BCUT2D eigenvalue weighted by molar-refractivity contribution is 6.00. The number of morpholine rings is 2. The lowest BCUT2D eigenvalue weighted by Crippen LogP contribution is -2.46. The minimum Gasteiger partial charge on any atom is -0.377 e. The lowest BCUT2D eigenvalue weighted by molar-refractivity contribution is 0.0962. The molecule has 0 spiro atoms. The maximum Gasteiger partial charge on any atom is 0.323 e. The molecule has 0 bridgehead atoms. The number of hydrogen-bond donors (Lipinski definition) is 3. The van der Waals surface area contributed by atoms with Crippen LogP contribution in [-0.2, 0) is 9.47 Å². The van der Waals surface area contributed by atoms with E-state index in [1.807, 2.05) is 12.1 Å². The molecule has 2 saturated heterocycles. The van der Waals surface area contributed by atoms with Crippen LogP contribution >= 0.6 is 0 Å². The predicted octanol–water partition coefficient (Wildman–Crippen LogP) is 2.99. The van der Waals surface area contributed by atoms with Crippen LogP contribution in [-0.4, -0.2) is 85.5 Å². The average molecular weight is 547 g/mol. The molecule has 2 aliphatic rings. The number of urea groups is 1. The van der Waals surface area contributed by atoms with Crippen molar-refractivity contribution in [1.29, 1.82) is 0 Å². The Morgan fingerprint density at radius 3 is 1.75 bits per heavy atom. The number of aromatic nitrogens is 3. The van der Waals surface area contributed by atoms with Crippen LogP contribution in [0.25, 0.3) is 11.4 Å². The lowest BCUT2D eigenvalue weighted by atomic mass is 10.2. The van der Waals surface area contributed by atoms with Crippen molar-refractivity contribution in [3.8, 4) is 11.4 Å². The summed E-state index contributed by atoms with van der Waals surface area (Å²) in [5, 5.41) is 8.17. The second kappa shape index (κ2) is 12.3. The van der Waals surface area contributed by atoms with Gasteiger partial charge in [0.2, 0.25) is 11.9 Å². The highest BCUT2D eigenvalue weighted by Gasteiger charge is 2.27. The minimum absolute atomic E-state index is 0.143. The number of nitrogens with zero attached hydrogens (tertiary/aromatic N) is 5. The molecular weight excluding hydrogens is 512 g/mol. The lowest BCUT2D eigenvalue weighted by Gasteiger charge is -2.36. The first kappa shape index (κ1) is 27.3. The van der Waals surface area contributed by atoms with Gasteiger partial charge < -0.3 is 35.2 Å². The normalized spacial score (nSPS) is 19.2. The molecule has 0 unspecified atom stereocenters. The van der Waals surface area contributed by atoms with Crippen LogP contribution < -0.4 is 25.8 Å². The Balaban J connectivity index is 1.33. The van der Waals surface area contributed by atoms with Crippen molar-refractivity contribution in [2.24, 2.45) is 0 Å².